The van der Waals surface area contributed by atoms with Gasteiger partial charge in [-0.3, -0.25) is 4.79 Å². The van der Waals surface area contributed by atoms with Gasteiger partial charge in [0.2, 0.25) is 0 Å². The van der Waals surface area contributed by atoms with Crippen LogP contribution in [-0.2, 0) is 11.2 Å². The number of aromatic hydroxyl groups is 1. The van der Waals surface area contributed by atoms with Crippen molar-refractivity contribution in [1.82, 2.24) is 4.90 Å². The van der Waals surface area contributed by atoms with Gasteiger partial charge in [0.25, 0.3) is 5.91 Å². The third-order valence-corrected chi connectivity index (χ3v) is 3.91. The van der Waals surface area contributed by atoms with Crippen LogP contribution in [0.15, 0.2) is 12.1 Å². The lowest BCUT2D eigenvalue weighted by molar-refractivity contribution is 0.0297. The van der Waals surface area contributed by atoms with Gasteiger partial charge in [0.1, 0.15) is 17.4 Å². The number of benzene rings is 1. The maximum absolute atomic E-state index is 12.3. The molecule has 2 aliphatic rings. The fourth-order valence-corrected chi connectivity index (χ4v) is 2.89. The predicted octanol–water partition coefficient (Wildman–Crippen LogP) is 1.73. The summed E-state index contributed by atoms with van der Waals surface area (Å²) < 4.78 is 5.13. The molecule has 0 bridgehead atoms. The van der Waals surface area contributed by atoms with E-state index < -0.39 is 5.97 Å². The molecule has 106 valence electrons. The van der Waals surface area contributed by atoms with Crippen molar-refractivity contribution in [2.75, 3.05) is 13.1 Å². The van der Waals surface area contributed by atoms with E-state index in [4.69, 9.17) is 4.74 Å². The molecule has 0 spiro atoms. The highest BCUT2D eigenvalue weighted by Crippen LogP contribution is 2.32. The molecule has 5 nitrogen and oxygen atoms in total. The number of carbonyl (C=O) groups is 2. The molecule has 1 saturated heterocycles. The summed E-state index contributed by atoms with van der Waals surface area (Å²) in [6.07, 6.45) is 2.33. The Labute approximate surface area is 117 Å². The first kappa shape index (κ1) is 13.0. The van der Waals surface area contributed by atoms with Gasteiger partial charge >= 0.3 is 5.97 Å². The van der Waals surface area contributed by atoms with Crippen molar-refractivity contribution >= 4 is 11.9 Å². The molecule has 2 heterocycles. The molecule has 1 fully saturated rings. The minimum absolute atomic E-state index is 0.146. The van der Waals surface area contributed by atoms with Crippen molar-refractivity contribution in [2.45, 2.75) is 32.3 Å². The zero-order chi connectivity index (χ0) is 14.3. The third-order valence-electron chi connectivity index (χ3n) is 3.91. The van der Waals surface area contributed by atoms with Gasteiger partial charge in [0.05, 0.1) is 5.56 Å². The highest BCUT2D eigenvalue weighted by atomic mass is 16.5. The smallest absolute Gasteiger partial charge is 0.342 e. The Balaban J connectivity index is 2.00. The fourth-order valence-electron chi connectivity index (χ4n) is 2.89. The lowest BCUT2D eigenvalue weighted by Crippen LogP contribution is -2.29. The lowest BCUT2D eigenvalue weighted by Gasteiger charge is -2.24. The van der Waals surface area contributed by atoms with Crippen molar-refractivity contribution < 1.29 is 19.4 Å². The van der Waals surface area contributed by atoms with Crippen LogP contribution < -0.4 is 0 Å². The number of likely N-dealkylation sites (tertiary alicyclic amines) is 1. The summed E-state index contributed by atoms with van der Waals surface area (Å²) in [4.78, 5) is 26.0. The van der Waals surface area contributed by atoms with E-state index in [0.29, 0.717) is 19.5 Å². The standard InChI is InChI=1S/C15H17NO4/c1-9-8-10-4-5-11(13(17)12(10)15(19)20-9)14(18)16-6-2-3-7-16/h4-5,9,17H,2-3,6-8H2,1H3. The molecule has 1 aromatic carbocycles. The summed E-state index contributed by atoms with van der Waals surface area (Å²) in [6, 6.07) is 3.36. The zero-order valence-electron chi connectivity index (χ0n) is 11.4. The second-order valence-electron chi connectivity index (χ2n) is 5.42. The Kier molecular flexibility index (Phi) is 3.12. The van der Waals surface area contributed by atoms with E-state index in [1.807, 2.05) is 0 Å². The van der Waals surface area contributed by atoms with Gasteiger partial charge < -0.3 is 14.7 Å². The molecule has 1 N–H and O–H groups in total. The number of phenolic OH excluding ortho intramolecular Hbond substituents is 1. The molecular weight excluding hydrogens is 258 g/mol. The van der Waals surface area contributed by atoms with Gasteiger partial charge in [-0.05, 0) is 31.4 Å². The highest BCUT2D eigenvalue weighted by Gasteiger charge is 2.31. The van der Waals surface area contributed by atoms with Crippen molar-refractivity contribution in [2.24, 2.45) is 0 Å². The van der Waals surface area contributed by atoms with E-state index in [1.165, 1.54) is 0 Å². The quantitative estimate of drug-likeness (QED) is 0.793. The Hall–Kier alpha value is -2.04. The maximum atomic E-state index is 12.3. The molecule has 1 unspecified atom stereocenters. The molecule has 2 aliphatic heterocycles. The number of hydrogen-bond acceptors (Lipinski definition) is 4. The summed E-state index contributed by atoms with van der Waals surface area (Å²) in [5.41, 5.74) is 1.08. The summed E-state index contributed by atoms with van der Waals surface area (Å²) in [5.74, 6) is -1.00. The van der Waals surface area contributed by atoms with Gasteiger partial charge in [-0.1, -0.05) is 6.07 Å². The van der Waals surface area contributed by atoms with E-state index in [1.54, 1.807) is 24.0 Å². The maximum Gasteiger partial charge on any atom is 0.342 e. The molecule has 0 aromatic heterocycles. The lowest BCUT2D eigenvalue weighted by atomic mass is 9.95. The molecular formula is C15H17NO4. The number of nitrogens with zero attached hydrogens (tertiary/aromatic N) is 1. The van der Waals surface area contributed by atoms with Crippen LogP contribution in [0.4, 0.5) is 0 Å². The summed E-state index contributed by atoms with van der Waals surface area (Å²) in [5, 5.41) is 10.3. The van der Waals surface area contributed by atoms with Crippen LogP contribution in [0.1, 0.15) is 46.0 Å². The first-order chi connectivity index (χ1) is 9.58. The summed E-state index contributed by atoms with van der Waals surface area (Å²) >= 11 is 0. The van der Waals surface area contributed by atoms with Crippen LogP contribution in [0, 0.1) is 0 Å². The number of hydrogen-bond donors (Lipinski definition) is 1. The van der Waals surface area contributed by atoms with E-state index in [0.717, 1.165) is 18.4 Å². The zero-order valence-corrected chi connectivity index (χ0v) is 11.4. The van der Waals surface area contributed by atoms with Gasteiger partial charge in [0.15, 0.2) is 0 Å². The van der Waals surface area contributed by atoms with Crippen LogP contribution in [0.3, 0.4) is 0 Å². The molecule has 1 atom stereocenters. The average molecular weight is 275 g/mol. The minimum atomic E-state index is -0.549. The second kappa shape index (κ2) is 4.81. The van der Waals surface area contributed by atoms with Crippen molar-refractivity contribution in [3.05, 3.63) is 28.8 Å². The van der Waals surface area contributed by atoms with Crippen LogP contribution in [-0.4, -0.2) is 41.1 Å². The Morgan fingerprint density at radius 2 is 2.05 bits per heavy atom. The van der Waals surface area contributed by atoms with Crippen LogP contribution in [0.2, 0.25) is 0 Å². The first-order valence-corrected chi connectivity index (χ1v) is 6.93. The Morgan fingerprint density at radius 3 is 2.75 bits per heavy atom. The van der Waals surface area contributed by atoms with Gasteiger partial charge in [-0.15, -0.1) is 0 Å². The number of carbonyl (C=O) groups excluding carboxylic acids is 2. The van der Waals surface area contributed by atoms with E-state index in [2.05, 4.69) is 0 Å². The molecule has 0 radical (unpaired) electrons. The number of cyclic esters (lactones) is 1. The number of esters is 1. The molecule has 0 aliphatic carbocycles. The largest absolute Gasteiger partial charge is 0.506 e. The molecule has 1 aromatic rings. The third kappa shape index (κ3) is 2.03. The van der Waals surface area contributed by atoms with Crippen molar-refractivity contribution in [3.8, 4) is 5.75 Å². The molecule has 5 heteroatoms. The van der Waals surface area contributed by atoms with Gasteiger partial charge in [-0.2, -0.15) is 0 Å². The van der Waals surface area contributed by atoms with Crippen molar-refractivity contribution in [1.29, 1.82) is 0 Å². The molecule has 0 saturated carbocycles. The topological polar surface area (TPSA) is 66.8 Å². The average Bonchev–Trinajstić information content (AvgIpc) is 2.91. The monoisotopic (exact) mass is 275 g/mol. The number of phenols is 1. The van der Waals surface area contributed by atoms with Gasteiger partial charge in [0, 0.05) is 19.5 Å². The fraction of sp³-hybridized carbons (Fsp3) is 0.467. The predicted molar refractivity (Wildman–Crippen MR) is 71.8 cm³/mol. The molecule has 20 heavy (non-hydrogen) atoms. The first-order valence-electron chi connectivity index (χ1n) is 6.93. The Morgan fingerprint density at radius 1 is 1.35 bits per heavy atom. The summed E-state index contributed by atoms with van der Waals surface area (Å²) in [6.45, 7) is 3.22. The Bertz CT molecular complexity index is 575. The van der Waals surface area contributed by atoms with Crippen molar-refractivity contribution in [3.63, 3.8) is 0 Å². The van der Waals surface area contributed by atoms with E-state index >= 15 is 0 Å². The highest BCUT2D eigenvalue weighted by molar-refractivity contribution is 6.03. The number of ether oxygens (including phenoxy) is 1. The van der Waals surface area contributed by atoms with Crippen LogP contribution >= 0.6 is 0 Å². The van der Waals surface area contributed by atoms with Gasteiger partial charge in [-0.25, -0.2) is 4.79 Å². The molecule has 3 rings (SSSR count). The normalized spacial score (nSPS) is 21.6. The number of amides is 1. The second-order valence-corrected chi connectivity index (χ2v) is 5.42. The number of fused-ring (bicyclic) bond motifs is 1. The summed E-state index contributed by atoms with van der Waals surface area (Å²) in [7, 11) is 0. The molecule has 1 amide bonds. The van der Waals surface area contributed by atoms with Crippen LogP contribution in [0.25, 0.3) is 0 Å². The minimum Gasteiger partial charge on any atom is -0.506 e. The number of rotatable bonds is 1. The SMILES string of the molecule is CC1Cc2ccc(C(=O)N3CCCC3)c(O)c2C(=O)O1. The van der Waals surface area contributed by atoms with E-state index in [-0.39, 0.29) is 28.9 Å². The van der Waals surface area contributed by atoms with Crippen LogP contribution in [0.5, 0.6) is 5.75 Å². The van der Waals surface area contributed by atoms with E-state index in [9.17, 15) is 14.7 Å².